The molecule has 2 aliphatic rings. The summed E-state index contributed by atoms with van der Waals surface area (Å²) in [5.74, 6) is 2.10. The third kappa shape index (κ3) is 2.02. The summed E-state index contributed by atoms with van der Waals surface area (Å²) in [6.07, 6.45) is 5.66. The Balaban J connectivity index is 1.92. The lowest BCUT2D eigenvalue weighted by Gasteiger charge is -2.32. The van der Waals surface area contributed by atoms with Crippen molar-refractivity contribution >= 4 is 5.82 Å². The highest BCUT2D eigenvalue weighted by Crippen LogP contribution is 2.30. The van der Waals surface area contributed by atoms with Crippen molar-refractivity contribution in [1.82, 2.24) is 9.97 Å². The average Bonchev–Trinajstić information content (AvgIpc) is 2.77. The summed E-state index contributed by atoms with van der Waals surface area (Å²) in [5, 5.41) is 0. The predicted molar refractivity (Wildman–Crippen MR) is 68.2 cm³/mol. The summed E-state index contributed by atoms with van der Waals surface area (Å²) < 4.78 is 0. The van der Waals surface area contributed by atoms with Crippen molar-refractivity contribution in [2.45, 2.75) is 45.1 Å². The second-order valence-electron chi connectivity index (χ2n) is 5.20. The van der Waals surface area contributed by atoms with Gasteiger partial charge in [0, 0.05) is 30.4 Å². The first-order valence-corrected chi connectivity index (χ1v) is 6.61. The van der Waals surface area contributed by atoms with Crippen LogP contribution in [0.1, 0.15) is 36.3 Å². The molecule has 4 heteroatoms. The van der Waals surface area contributed by atoms with Crippen LogP contribution in [0.4, 0.5) is 5.82 Å². The summed E-state index contributed by atoms with van der Waals surface area (Å²) >= 11 is 0. The summed E-state index contributed by atoms with van der Waals surface area (Å²) in [4.78, 5) is 11.6. The number of hydrogen-bond acceptors (Lipinski definition) is 4. The van der Waals surface area contributed by atoms with E-state index in [-0.39, 0.29) is 0 Å². The van der Waals surface area contributed by atoms with Gasteiger partial charge in [0.2, 0.25) is 0 Å². The second-order valence-corrected chi connectivity index (χ2v) is 5.20. The quantitative estimate of drug-likeness (QED) is 0.790. The SMILES string of the molecule is Cc1nc2c(c(N3CCC(N)CC3)n1)CCC2. The molecule has 1 fully saturated rings. The Labute approximate surface area is 102 Å². The number of nitrogens with two attached hydrogens (primary N) is 1. The minimum Gasteiger partial charge on any atom is -0.356 e. The van der Waals surface area contributed by atoms with E-state index in [1.165, 1.54) is 23.5 Å². The zero-order chi connectivity index (χ0) is 11.8. The summed E-state index contributed by atoms with van der Waals surface area (Å²) in [6.45, 7) is 4.09. The molecule has 0 saturated carbocycles. The van der Waals surface area contributed by atoms with Crippen molar-refractivity contribution in [3.05, 3.63) is 17.1 Å². The molecule has 2 N–H and O–H groups in total. The van der Waals surface area contributed by atoms with Gasteiger partial charge in [-0.25, -0.2) is 9.97 Å². The Morgan fingerprint density at radius 3 is 2.71 bits per heavy atom. The van der Waals surface area contributed by atoms with Gasteiger partial charge in [0.1, 0.15) is 11.6 Å². The molecule has 0 spiro atoms. The van der Waals surface area contributed by atoms with E-state index >= 15 is 0 Å². The van der Waals surface area contributed by atoms with Crippen molar-refractivity contribution in [1.29, 1.82) is 0 Å². The molecule has 0 bridgehead atoms. The van der Waals surface area contributed by atoms with Crippen LogP contribution in [0.2, 0.25) is 0 Å². The van der Waals surface area contributed by atoms with Gasteiger partial charge in [0.15, 0.2) is 0 Å². The number of nitrogens with zero attached hydrogens (tertiary/aromatic N) is 3. The monoisotopic (exact) mass is 232 g/mol. The van der Waals surface area contributed by atoms with Crippen molar-refractivity contribution in [2.75, 3.05) is 18.0 Å². The van der Waals surface area contributed by atoms with Gasteiger partial charge in [-0.3, -0.25) is 0 Å². The van der Waals surface area contributed by atoms with Crippen molar-refractivity contribution in [3.8, 4) is 0 Å². The third-order valence-electron chi connectivity index (χ3n) is 3.86. The average molecular weight is 232 g/mol. The second kappa shape index (κ2) is 4.26. The summed E-state index contributed by atoms with van der Waals surface area (Å²) in [5.41, 5.74) is 8.63. The molecule has 1 aromatic heterocycles. The van der Waals surface area contributed by atoms with Crippen LogP contribution in [0.25, 0.3) is 0 Å². The van der Waals surface area contributed by atoms with Gasteiger partial charge in [-0.05, 0) is 39.0 Å². The van der Waals surface area contributed by atoms with Crippen molar-refractivity contribution < 1.29 is 0 Å². The Bertz CT molecular complexity index is 422. The van der Waals surface area contributed by atoms with E-state index in [0.29, 0.717) is 6.04 Å². The van der Waals surface area contributed by atoms with Crippen LogP contribution in [0, 0.1) is 6.92 Å². The Kier molecular flexibility index (Phi) is 2.74. The van der Waals surface area contributed by atoms with Gasteiger partial charge in [-0.2, -0.15) is 0 Å². The first-order valence-electron chi connectivity index (χ1n) is 6.61. The number of piperidine rings is 1. The maximum Gasteiger partial charge on any atom is 0.135 e. The van der Waals surface area contributed by atoms with E-state index in [9.17, 15) is 0 Å². The van der Waals surface area contributed by atoms with Crippen molar-refractivity contribution in [2.24, 2.45) is 5.73 Å². The molecule has 1 aliphatic heterocycles. The molecule has 2 heterocycles. The number of fused-ring (bicyclic) bond motifs is 1. The lowest BCUT2D eigenvalue weighted by atomic mass is 10.1. The summed E-state index contributed by atoms with van der Waals surface area (Å²) in [6, 6.07) is 0.377. The van der Waals surface area contributed by atoms with Gasteiger partial charge < -0.3 is 10.6 Å². The molecule has 1 aliphatic carbocycles. The zero-order valence-corrected chi connectivity index (χ0v) is 10.4. The normalized spacial score (nSPS) is 20.7. The Morgan fingerprint density at radius 1 is 1.18 bits per heavy atom. The molecular weight excluding hydrogens is 212 g/mol. The lowest BCUT2D eigenvalue weighted by molar-refractivity contribution is 0.497. The minimum absolute atomic E-state index is 0.377. The topological polar surface area (TPSA) is 55.0 Å². The van der Waals surface area contributed by atoms with Crippen LogP contribution >= 0.6 is 0 Å². The van der Waals surface area contributed by atoms with Crippen LogP contribution in [0.15, 0.2) is 0 Å². The van der Waals surface area contributed by atoms with Crippen LogP contribution < -0.4 is 10.6 Å². The van der Waals surface area contributed by atoms with Gasteiger partial charge >= 0.3 is 0 Å². The fourth-order valence-corrected chi connectivity index (χ4v) is 2.91. The van der Waals surface area contributed by atoms with E-state index in [1.54, 1.807) is 0 Å². The maximum absolute atomic E-state index is 5.96. The van der Waals surface area contributed by atoms with Crippen LogP contribution in [0.3, 0.4) is 0 Å². The van der Waals surface area contributed by atoms with Crippen LogP contribution in [-0.2, 0) is 12.8 Å². The molecule has 0 unspecified atom stereocenters. The molecule has 17 heavy (non-hydrogen) atoms. The number of anilines is 1. The molecule has 0 radical (unpaired) electrons. The minimum atomic E-state index is 0.377. The Hall–Kier alpha value is -1.16. The molecule has 0 atom stereocenters. The van der Waals surface area contributed by atoms with E-state index in [2.05, 4.69) is 14.9 Å². The molecular formula is C13H20N4. The molecule has 0 aromatic carbocycles. The van der Waals surface area contributed by atoms with Gasteiger partial charge in [-0.15, -0.1) is 0 Å². The Morgan fingerprint density at radius 2 is 1.94 bits per heavy atom. The van der Waals surface area contributed by atoms with E-state index in [0.717, 1.165) is 44.6 Å². The van der Waals surface area contributed by atoms with Crippen molar-refractivity contribution in [3.63, 3.8) is 0 Å². The predicted octanol–water partition coefficient (Wildman–Crippen LogP) is 1.20. The van der Waals surface area contributed by atoms with Gasteiger partial charge in [0.25, 0.3) is 0 Å². The number of rotatable bonds is 1. The molecule has 1 aromatic rings. The smallest absolute Gasteiger partial charge is 0.135 e. The van der Waals surface area contributed by atoms with Gasteiger partial charge in [0.05, 0.1) is 0 Å². The standard InChI is InChI=1S/C13H20N4/c1-9-15-12-4-2-3-11(12)13(16-9)17-7-5-10(14)6-8-17/h10H,2-8,14H2,1H3. The molecule has 1 saturated heterocycles. The summed E-state index contributed by atoms with van der Waals surface area (Å²) in [7, 11) is 0. The van der Waals surface area contributed by atoms with Crippen LogP contribution in [0.5, 0.6) is 0 Å². The largest absolute Gasteiger partial charge is 0.356 e. The van der Waals surface area contributed by atoms with Gasteiger partial charge in [-0.1, -0.05) is 0 Å². The molecule has 0 amide bonds. The molecule has 4 nitrogen and oxygen atoms in total. The zero-order valence-electron chi connectivity index (χ0n) is 10.4. The van der Waals surface area contributed by atoms with E-state index in [1.807, 2.05) is 6.92 Å². The van der Waals surface area contributed by atoms with E-state index < -0.39 is 0 Å². The maximum atomic E-state index is 5.96. The first kappa shape index (κ1) is 11.0. The number of hydrogen-bond donors (Lipinski definition) is 1. The highest BCUT2D eigenvalue weighted by Gasteiger charge is 2.24. The number of aryl methyl sites for hydroxylation is 2. The highest BCUT2D eigenvalue weighted by atomic mass is 15.2. The first-order chi connectivity index (χ1) is 8.24. The fraction of sp³-hybridized carbons (Fsp3) is 0.692. The van der Waals surface area contributed by atoms with Crippen LogP contribution in [-0.4, -0.2) is 29.1 Å². The third-order valence-corrected chi connectivity index (χ3v) is 3.86. The molecule has 92 valence electrons. The lowest BCUT2D eigenvalue weighted by Crippen LogP contribution is -2.40. The fourth-order valence-electron chi connectivity index (χ4n) is 2.91. The highest BCUT2D eigenvalue weighted by molar-refractivity contribution is 5.51. The van der Waals surface area contributed by atoms with E-state index in [4.69, 9.17) is 5.73 Å². The molecule has 3 rings (SSSR count). The number of aromatic nitrogens is 2.